The van der Waals surface area contributed by atoms with Crippen LogP contribution in [0.2, 0.25) is 0 Å². The number of aliphatic hydroxyl groups is 1. The van der Waals surface area contributed by atoms with Crippen molar-refractivity contribution in [3.8, 4) is 0 Å². The standard InChI is InChI=1S/C15H25BrO/c1-11(2)6-5-7-12(3)13-8-9-15(4,17)14(16)10-13/h6,14,17H,5,7-10H2,1-4H3/b13-12-/t14-,15-/m0/s1. The van der Waals surface area contributed by atoms with Crippen molar-refractivity contribution in [2.75, 3.05) is 0 Å². The third-order valence-corrected chi connectivity index (χ3v) is 5.02. The van der Waals surface area contributed by atoms with Gasteiger partial charge < -0.3 is 5.11 Å². The lowest BCUT2D eigenvalue weighted by molar-refractivity contribution is 0.0409. The zero-order chi connectivity index (χ0) is 13.1. The summed E-state index contributed by atoms with van der Waals surface area (Å²) in [5.74, 6) is 0. The Hall–Kier alpha value is -0.0800. The van der Waals surface area contributed by atoms with Gasteiger partial charge in [0, 0.05) is 4.83 Å². The molecule has 0 aliphatic heterocycles. The smallest absolute Gasteiger partial charge is 0.0750 e. The summed E-state index contributed by atoms with van der Waals surface area (Å²) in [5.41, 5.74) is 3.92. The summed E-state index contributed by atoms with van der Waals surface area (Å²) in [6.07, 6.45) is 7.51. The van der Waals surface area contributed by atoms with Crippen molar-refractivity contribution in [3.63, 3.8) is 0 Å². The Morgan fingerprint density at radius 3 is 2.65 bits per heavy atom. The second-order valence-corrected chi connectivity index (χ2v) is 6.84. The second-order valence-electron chi connectivity index (χ2n) is 5.73. The van der Waals surface area contributed by atoms with Crippen LogP contribution in [0.25, 0.3) is 0 Å². The van der Waals surface area contributed by atoms with Crippen LogP contribution in [-0.2, 0) is 0 Å². The molecule has 1 fully saturated rings. The highest BCUT2D eigenvalue weighted by atomic mass is 79.9. The fourth-order valence-corrected chi connectivity index (χ4v) is 2.86. The van der Waals surface area contributed by atoms with Gasteiger partial charge in [0.2, 0.25) is 0 Å². The lowest BCUT2D eigenvalue weighted by Crippen LogP contribution is -2.38. The molecule has 1 rings (SSSR count). The van der Waals surface area contributed by atoms with E-state index in [2.05, 4.69) is 42.8 Å². The minimum atomic E-state index is -0.538. The van der Waals surface area contributed by atoms with Gasteiger partial charge in [-0.2, -0.15) is 0 Å². The molecule has 1 N–H and O–H groups in total. The third kappa shape index (κ3) is 4.59. The fourth-order valence-electron chi connectivity index (χ4n) is 2.24. The van der Waals surface area contributed by atoms with Crippen LogP contribution < -0.4 is 0 Å². The fraction of sp³-hybridized carbons (Fsp3) is 0.733. The second kappa shape index (κ2) is 6.19. The summed E-state index contributed by atoms with van der Waals surface area (Å²) in [6.45, 7) is 8.47. The number of hydrogen-bond donors (Lipinski definition) is 1. The molecule has 0 bridgehead atoms. The average Bonchev–Trinajstić information content (AvgIpc) is 2.21. The van der Waals surface area contributed by atoms with Gasteiger partial charge in [0.05, 0.1) is 5.60 Å². The molecule has 17 heavy (non-hydrogen) atoms. The molecular weight excluding hydrogens is 276 g/mol. The Kier molecular flexibility index (Phi) is 5.46. The Morgan fingerprint density at radius 1 is 1.47 bits per heavy atom. The first kappa shape index (κ1) is 15.0. The van der Waals surface area contributed by atoms with E-state index in [9.17, 15) is 5.11 Å². The van der Waals surface area contributed by atoms with Crippen molar-refractivity contribution in [1.29, 1.82) is 0 Å². The molecule has 2 heteroatoms. The number of rotatable bonds is 3. The Labute approximate surface area is 114 Å². The van der Waals surface area contributed by atoms with Gasteiger partial charge in [0.15, 0.2) is 0 Å². The maximum atomic E-state index is 10.1. The minimum Gasteiger partial charge on any atom is -0.389 e. The summed E-state index contributed by atoms with van der Waals surface area (Å²) in [5, 5.41) is 10.1. The maximum Gasteiger partial charge on any atom is 0.0750 e. The highest BCUT2D eigenvalue weighted by Gasteiger charge is 2.34. The predicted octanol–water partition coefficient (Wildman–Crippen LogP) is 4.75. The van der Waals surface area contributed by atoms with Crippen LogP contribution in [-0.4, -0.2) is 15.5 Å². The molecule has 0 aromatic rings. The quantitative estimate of drug-likeness (QED) is 0.589. The SMILES string of the molecule is CC(C)=CCC/C(C)=C1/CC[C@](C)(O)[C@@H](Br)C1. The molecule has 0 heterocycles. The van der Waals surface area contributed by atoms with Crippen LogP contribution in [0.5, 0.6) is 0 Å². The van der Waals surface area contributed by atoms with E-state index in [1.807, 2.05) is 6.92 Å². The predicted molar refractivity (Wildman–Crippen MR) is 78.6 cm³/mol. The zero-order valence-corrected chi connectivity index (χ0v) is 13.1. The van der Waals surface area contributed by atoms with Crippen LogP contribution in [0, 0.1) is 0 Å². The van der Waals surface area contributed by atoms with E-state index in [0.29, 0.717) is 0 Å². The van der Waals surface area contributed by atoms with E-state index in [0.717, 1.165) is 32.1 Å². The lowest BCUT2D eigenvalue weighted by atomic mass is 9.81. The number of allylic oxidation sites excluding steroid dienone is 4. The lowest BCUT2D eigenvalue weighted by Gasteiger charge is -2.35. The van der Waals surface area contributed by atoms with E-state index in [4.69, 9.17) is 0 Å². The molecule has 1 aliphatic carbocycles. The van der Waals surface area contributed by atoms with Gasteiger partial charge >= 0.3 is 0 Å². The number of alkyl halides is 1. The first-order valence-electron chi connectivity index (χ1n) is 6.50. The van der Waals surface area contributed by atoms with E-state index >= 15 is 0 Å². The summed E-state index contributed by atoms with van der Waals surface area (Å²) in [6, 6.07) is 0. The third-order valence-electron chi connectivity index (χ3n) is 3.71. The largest absolute Gasteiger partial charge is 0.389 e. The summed E-state index contributed by atoms with van der Waals surface area (Å²) >= 11 is 3.61. The maximum absolute atomic E-state index is 10.1. The van der Waals surface area contributed by atoms with Crippen molar-refractivity contribution >= 4 is 15.9 Å². The Morgan fingerprint density at radius 2 is 2.12 bits per heavy atom. The molecule has 2 atom stereocenters. The van der Waals surface area contributed by atoms with Crippen molar-refractivity contribution in [2.24, 2.45) is 0 Å². The molecule has 0 radical (unpaired) electrons. The normalized spacial score (nSPS) is 32.2. The molecule has 1 nitrogen and oxygen atoms in total. The molecule has 0 unspecified atom stereocenters. The van der Waals surface area contributed by atoms with Crippen molar-refractivity contribution < 1.29 is 5.11 Å². The molecule has 0 spiro atoms. The van der Waals surface area contributed by atoms with Gasteiger partial charge in [0.25, 0.3) is 0 Å². The molecule has 0 saturated heterocycles. The summed E-state index contributed by atoms with van der Waals surface area (Å²) in [4.78, 5) is 0.206. The molecule has 1 saturated carbocycles. The molecule has 0 aromatic carbocycles. The highest BCUT2D eigenvalue weighted by molar-refractivity contribution is 9.09. The first-order chi connectivity index (χ1) is 7.83. The van der Waals surface area contributed by atoms with E-state index < -0.39 is 5.60 Å². The van der Waals surface area contributed by atoms with Gasteiger partial charge in [-0.25, -0.2) is 0 Å². The van der Waals surface area contributed by atoms with Gasteiger partial charge in [-0.1, -0.05) is 38.7 Å². The molecule has 0 aromatic heterocycles. The number of hydrogen-bond acceptors (Lipinski definition) is 1. The summed E-state index contributed by atoms with van der Waals surface area (Å²) in [7, 11) is 0. The Bertz CT molecular complexity index is 322. The van der Waals surface area contributed by atoms with Crippen LogP contribution >= 0.6 is 15.9 Å². The molecule has 1 aliphatic rings. The van der Waals surface area contributed by atoms with Gasteiger partial charge in [-0.15, -0.1) is 0 Å². The van der Waals surface area contributed by atoms with E-state index in [1.54, 1.807) is 5.57 Å². The van der Waals surface area contributed by atoms with Gasteiger partial charge in [-0.3, -0.25) is 0 Å². The van der Waals surface area contributed by atoms with Gasteiger partial charge in [-0.05, 0) is 59.8 Å². The van der Waals surface area contributed by atoms with Crippen molar-refractivity contribution in [3.05, 3.63) is 22.8 Å². The van der Waals surface area contributed by atoms with Crippen LogP contribution in [0.15, 0.2) is 22.8 Å². The van der Waals surface area contributed by atoms with Crippen molar-refractivity contribution in [2.45, 2.75) is 70.2 Å². The van der Waals surface area contributed by atoms with Crippen LogP contribution in [0.3, 0.4) is 0 Å². The first-order valence-corrected chi connectivity index (χ1v) is 7.42. The van der Waals surface area contributed by atoms with E-state index in [-0.39, 0.29) is 4.83 Å². The van der Waals surface area contributed by atoms with Crippen LogP contribution in [0.1, 0.15) is 59.8 Å². The zero-order valence-electron chi connectivity index (χ0n) is 11.5. The van der Waals surface area contributed by atoms with Gasteiger partial charge in [0.1, 0.15) is 0 Å². The highest BCUT2D eigenvalue weighted by Crippen LogP contribution is 2.38. The van der Waals surface area contributed by atoms with Crippen molar-refractivity contribution in [1.82, 2.24) is 0 Å². The monoisotopic (exact) mass is 300 g/mol. The van der Waals surface area contributed by atoms with Crippen LogP contribution in [0.4, 0.5) is 0 Å². The minimum absolute atomic E-state index is 0.206. The molecule has 98 valence electrons. The summed E-state index contributed by atoms with van der Waals surface area (Å²) < 4.78 is 0. The topological polar surface area (TPSA) is 20.2 Å². The molecule has 0 amide bonds. The van der Waals surface area contributed by atoms with E-state index in [1.165, 1.54) is 11.1 Å². The average molecular weight is 301 g/mol. The molecular formula is C15H25BrO. The number of halogens is 1. The Balaban J connectivity index is 2.57.